The number of esters is 1. The van der Waals surface area contributed by atoms with Gasteiger partial charge in [-0.15, -0.1) is 0 Å². The molecule has 7 nitrogen and oxygen atoms in total. The number of rotatable bonds is 14. The zero-order valence-electron chi connectivity index (χ0n) is 19.0. The van der Waals surface area contributed by atoms with Crippen molar-refractivity contribution < 1.29 is 28.9 Å². The molecule has 0 amide bonds. The maximum absolute atomic E-state index is 12.2. The molecule has 0 radical (unpaired) electrons. The first-order chi connectivity index (χ1) is 15.5. The van der Waals surface area contributed by atoms with Crippen LogP contribution in [0.15, 0.2) is 39.5 Å². The number of carbonyl (C=O) groups is 1. The maximum atomic E-state index is 12.2. The largest absolute Gasteiger partial charge is 0.502 e. The predicted molar refractivity (Wildman–Crippen MR) is 121 cm³/mol. The van der Waals surface area contributed by atoms with Crippen molar-refractivity contribution in [2.24, 2.45) is 0 Å². The molecule has 1 aromatic heterocycles. The topological polar surface area (TPSA) is 106 Å². The standard InChI is InChI=1S/C25H34O7/c1-3-5-6-7-8-9-14-31-19-12-10-18(11-13-19)21(16-23(28)30-4-2)25-24(29)22(27)15-20(17-26)32-25/h10-13,15,21,26,29H,3-9,14,16-17H2,1-2H3/t21-/m1/s1. The molecule has 32 heavy (non-hydrogen) atoms. The average Bonchev–Trinajstić information content (AvgIpc) is 2.79. The quantitative estimate of drug-likeness (QED) is 0.321. The van der Waals surface area contributed by atoms with Crippen LogP contribution in [0.1, 0.15) is 81.8 Å². The van der Waals surface area contributed by atoms with Gasteiger partial charge in [0.15, 0.2) is 5.76 Å². The van der Waals surface area contributed by atoms with Crippen molar-refractivity contribution in [2.75, 3.05) is 13.2 Å². The van der Waals surface area contributed by atoms with Gasteiger partial charge >= 0.3 is 5.97 Å². The highest BCUT2D eigenvalue weighted by atomic mass is 16.5. The first kappa shape index (κ1) is 25.5. The third-order valence-electron chi connectivity index (χ3n) is 5.20. The van der Waals surface area contributed by atoms with Crippen molar-refractivity contribution in [3.63, 3.8) is 0 Å². The zero-order valence-corrected chi connectivity index (χ0v) is 19.0. The fourth-order valence-electron chi connectivity index (χ4n) is 3.49. The van der Waals surface area contributed by atoms with Crippen LogP contribution in [0, 0.1) is 0 Å². The fourth-order valence-corrected chi connectivity index (χ4v) is 3.49. The second kappa shape index (κ2) is 13.6. The summed E-state index contributed by atoms with van der Waals surface area (Å²) in [6.45, 7) is 4.24. The number of aliphatic hydroxyl groups excluding tert-OH is 1. The van der Waals surface area contributed by atoms with E-state index in [-0.39, 0.29) is 24.5 Å². The van der Waals surface area contributed by atoms with E-state index in [4.69, 9.17) is 13.9 Å². The van der Waals surface area contributed by atoms with Crippen LogP contribution in [0.25, 0.3) is 0 Å². The molecule has 0 aliphatic heterocycles. The van der Waals surface area contributed by atoms with E-state index in [9.17, 15) is 19.8 Å². The first-order valence-electron chi connectivity index (χ1n) is 11.3. The number of ether oxygens (including phenoxy) is 2. The van der Waals surface area contributed by atoms with Crippen LogP contribution in [-0.2, 0) is 16.1 Å². The van der Waals surface area contributed by atoms with Gasteiger partial charge in [-0.1, -0.05) is 51.2 Å². The minimum atomic E-state index is -0.749. The van der Waals surface area contributed by atoms with Gasteiger partial charge in [0, 0.05) is 6.07 Å². The minimum absolute atomic E-state index is 0.00977. The highest BCUT2D eigenvalue weighted by molar-refractivity contribution is 5.71. The third kappa shape index (κ3) is 7.71. The van der Waals surface area contributed by atoms with Gasteiger partial charge in [-0.3, -0.25) is 9.59 Å². The van der Waals surface area contributed by atoms with Crippen LogP contribution < -0.4 is 10.2 Å². The monoisotopic (exact) mass is 446 g/mol. The van der Waals surface area contributed by atoms with Crippen LogP contribution in [0.2, 0.25) is 0 Å². The minimum Gasteiger partial charge on any atom is -0.502 e. The molecule has 176 valence electrons. The second-order valence-corrected chi connectivity index (χ2v) is 7.69. The normalized spacial score (nSPS) is 11.8. The number of carbonyl (C=O) groups excluding carboxylic acids is 1. The average molecular weight is 447 g/mol. The lowest BCUT2D eigenvalue weighted by Gasteiger charge is -2.18. The SMILES string of the molecule is CCCCCCCCOc1ccc([C@@H](CC(=O)OCC)c2oc(CO)cc(=O)c2O)cc1. The molecular formula is C25H34O7. The first-order valence-corrected chi connectivity index (χ1v) is 11.3. The van der Waals surface area contributed by atoms with Gasteiger partial charge in [-0.2, -0.15) is 0 Å². The predicted octanol–water partition coefficient (Wildman–Crippen LogP) is 4.66. The summed E-state index contributed by atoms with van der Waals surface area (Å²) in [5, 5.41) is 19.7. The summed E-state index contributed by atoms with van der Waals surface area (Å²) in [5.74, 6) is -1.18. The van der Waals surface area contributed by atoms with Gasteiger partial charge < -0.3 is 24.1 Å². The molecule has 0 saturated heterocycles. The lowest BCUT2D eigenvalue weighted by atomic mass is 9.92. The molecule has 0 spiro atoms. The summed E-state index contributed by atoms with van der Waals surface area (Å²) in [6, 6.07) is 8.14. The molecule has 7 heteroatoms. The number of aromatic hydroxyl groups is 1. The molecule has 2 aromatic rings. The fraction of sp³-hybridized carbons (Fsp3) is 0.520. The van der Waals surface area contributed by atoms with E-state index in [0.29, 0.717) is 17.9 Å². The van der Waals surface area contributed by atoms with E-state index in [1.807, 2.05) is 0 Å². The van der Waals surface area contributed by atoms with Gasteiger partial charge in [-0.25, -0.2) is 0 Å². The summed E-state index contributed by atoms with van der Waals surface area (Å²) in [4.78, 5) is 24.3. The summed E-state index contributed by atoms with van der Waals surface area (Å²) in [6.07, 6.45) is 6.97. The Kier molecular flexibility index (Phi) is 10.8. The Morgan fingerprint density at radius 3 is 2.41 bits per heavy atom. The molecular weight excluding hydrogens is 412 g/mol. The van der Waals surface area contributed by atoms with E-state index in [2.05, 4.69) is 6.92 Å². The maximum Gasteiger partial charge on any atom is 0.306 e. The molecule has 0 bridgehead atoms. The van der Waals surface area contributed by atoms with Crippen molar-refractivity contribution in [1.82, 2.24) is 0 Å². The second-order valence-electron chi connectivity index (χ2n) is 7.69. The number of aliphatic hydroxyl groups is 1. The van der Waals surface area contributed by atoms with Crippen molar-refractivity contribution in [2.45, 2.75) is 71.3 Å². The molecule has 1 atom stereocenters. The van der Waals surface area contributed by atoms with Crippen molar-refractivity contribution in [3.8, 4) is 11.5 Å². The van der Waals surface area contributed by atoms with Gasteiger partial charge in [0.2, 0.25) is 11.2 Å². The highest BCUT2D eigenvalue weighted by Gasteiger charge is 2.26. The molecule has 1 heterocycles. The van der Waals surface area contributed by atoms with E-state index < -0.39 is 29.7 Å². The van der Waals surface area contributed by atoms with Gasteiger partial charge in [0.25, 0.3) is 0 Å². The summed E-state index contributed by atoms with van der Waals surface area (Å²) >= 11 is 0. The van der Waals surface area contributed by atoms with Crippen LogP contribution in [0.3, 0.4) is 0 Å². The van der Waals surface area contributed by atoms with E-state index in [1.54, 1.807) is 31.2 Å². The smallest absolute Gasteiger partial charge is 0.306 e. The van der Waals surface area contributed by atoms with Gasteiger partial charge in [-0.05, 0) is 31.0 Å². The number of unbranched alkanes of at least 4 members (excludes halogenated alkanes) is 5. The van der Waals surface area contributed by atoms with E-state index >= 15 is 0 Å². The van der Waals surface area contributed by atoms with Crippen LogP contribution >= 0.6 is 0 Å². The molecule has 2 N–H and O–H groups in total. The molecule has 0 aliphatic carbocycles. The highest BCUT2D eigenvalue weighted by Crippen LogP contribution is 2.34. The van der Waals surface area contributed by atoms with Crippen LogP contribution in [-0.4, -0.2) is 29.4 Å². The van der Waals surface area contributed by atoms with E-state index in [1.165, 1.54) is 25.7 Å². The third-order valence-corrected chi connectivity index (χ3v) is 5.20. The van der Waals surface area contributed by atoms with Crippen molar-refractivity contribution >= 4 is 5.97 Å². The Bertz CT molecular complexity index is 886. The van der Waals surface area contributed by atoms with Crippen LogP contribution in [0.4, 0.5) is 0 Å². The molecule has 0 fully saturated rings. The lowest BCUT2D eigenvalue weighted by molar-refractivity contribution is -0.143. The number of hydrogen-bond donors (Lipinski definition) is 2. The van der Waals surface area contributed by atoms with E-state index in [0.717, 1.165) is 18.9 Å². The van der Waals surface area contributed by atoms with Crippen molar-refractivity contribution in [1.29, 1.82) is 0 Å². The Morgan fingerprint density at radius 1 is 1.06 bits per heavy atom. The Labute approximate surface area is 189 Å². The van der Waals surface area contributed by atoms with Crippen molar-refractivity contribution in [3.05, 3.63) is 57.6 Å². The lowest BCUT2D eigenvalue weighted by Crippen LogP contribution is -2.15. The summed E-state index contributed by atoms with van der Waals surface area (Å²) < 4.78 is 16.4. The summed E-state index contributed by atoms with van der Waals surface area (Å²) in [7, 11) is 0. The summed E-state index contributed by atoms with van der Waals surface area (Å²) in [5.41, 5.74) is -0.0263. The Balaban J connectivity index is 2.14. The molecule has 0 aliphatic rings. The molecule has 0 unspecified atom stereocenters. The number of benzene rings is 1. The van der Waals surface area contributed by atoms with Gasteiger partial charge in [0.05, 0.1) is 25.6 Å². The Hall–Kier alpha value is -2.80. The number of hydrogen-bond acceptors (Lipinski definition) is 7. The van der Waals surface area contributed by atoms with Crippen LogP contribution in [0.5, 0.6) is 11.5 Å². The molecule has 2 rings (SSSR count). The Morgan fingerprint density at radius 2 is 1.75 bits per heavy atom. The molecule has 1 aromatic carbocycles. The zero-order chi connectivity index (χ0) is 23.3. The van der Waals surface area contributed by atoms with Gasteiger partial charge in [0.1, 0.15) is 18.1 Å². The molecule has 0 saturated carbocycles.